The summed E-state index contributed by atoms with van der Waals surface area (Å²) in [5.41, 5.74) is 0. The van der Waals surface area contributed by atoms with E-state index in [1.807, 2.05) is 0 Å². The number of carbonyl (C=O) groups is 1. The van der Waals surface area contributed by atoms with Gasteiger partial charge in [-0.3, -0.25) is 4.79 Å². The van der Waals surface area contributed by atoms with Gasteiger partial charge in [0.25, 0.3) is 0 Å². The molecule has 0 saturated carbocycles. The van der Waals surface area contributed by atoms with Crippen LogP contribution in [0.1, 0.15) is 13.3 Å². The number of carboxylic acids is 1. The molecule has 0 aromatic heterocycles. The maximum absolute atomic E-state index is 9.37. The van der Waals surface area contributed by atoms with Crippen molar-refractivity contribution in [3.8, 4) is 0 Å². The first-order chi connectivity index (χ1) is 2.27. The average molecular weight is 119 g/mol. The Balaban J connectivity index is 0. The van der Waals surface area contributed by atoms with Gasteiger partial charge >= 0.3 is 5.97 Å². The fraction of sp³-hybridized carbons (Fsp3) is 0.667. The molecule has 0 unspecified atom stereocenters. The molecule has 33 valence electrons. The van der Waals surface area contributed by atoms with Gasteiger partial charge in [0, 0.05) is 32.3 Å². The molecule has 0 amide bonds. The van der Waals surface area contributed by atoms with Gasteiger partial charge in [-0.25, -0.2) is 0 Å². The van der Waals surface area contributed by atoms with Crippen LogP contribution in [0.15, 0.2) is 0 Å². The molecule has 0 heterocycles. The van der Waals surface area contributed by atoms with E-state index in [0.717, 1.165) is 0 Å². The third-order valence-corrected chi connectivity index (χ3v) is 0.302. The van der Waals surface area contributed by atoms with E-state index >= 15 is 0 Å². The van der Waals surface area contributed by atoms with Crippen LogP contribution in [0.2, 0.25) is 0 Å². The van der Waals surface area contributed by atoms with Crippen LogP contribution in [0.4, 0.5) is 0 Å². The smallest absolute Gasteiger partial charge is 0.303 e. The second kappa shape index (κ2) is 5.34. The molecule has 0 fully saturated rings. The Labute approximate surface area is 55.3 Å². The third-order valence-electron chi connectivity index (χ3n) is 0.302. The molecule has 1 N–H and O–H groups in total. The minimum absolute atomic E-state index is 0. The zero-order valence-corrected chi connectivity index (χ0v) is 5.44. The van der Waals surface area contributed by atoms with Crippen LogP contribution in [0.5, 0.6) is 0 Å². The van der Waals surface area contributed by atoms with Crippen molar-refractivity contribution < 1.29 is 35.7 Å². The van der Waals surface area contributed by atoms with Crippen molar-refractivity contribution >= 4 is 5.97 Å². The fourth-order valence-corrected chi connectivity index (χ4v) is 0. The number of hydrogen-bond acceptors (Lipinski definition) is 1. The van der Waals surface area contributed by atoms with Gasteiger partial charge in [-0.2, -0.15) is 0 Å². The third kappa shape index (κ3) is 8.84. The fourth-order valence-electron chi connectivity index (χ4n) is 0. The van der Waals surface area contributed by atoms with Crippen molar-refractivity contribution in [3.63, 3.8) is 0 Å². The van der Waals surface area contributed by atoms with E-state index in [1.165, 1.54) is 0 Å². The SMILES string of the molecule is CCC(=O)O.[Sc]. The van der Waals surface area contributed by atoms with Gasteiger partial charge in [0.05, 0.1) is 0 Å². The Bertz CT molecular complexity index is 44.1. The van der Waals surface area contributed by atoms with E-state index in [-0.39, 0.29) is 32.3 Å². The van der Waals surface area contributed by atoms with E-state index in [0.29, 0.717) is 0 Å². The Hall–Kier alpha value is 0.340. The summed E-state index contributed by atoms with van der Waals surface area (Å²) in [6.07, 6.45) is 0.222. The molecule has 3 heteroatoms. The first-order valence-electron chi connectivity index (χ1n) is 1.49. The van der Waals surface area contributed by atoms with Crippen LogP contribution in [-0.2, 0) is 30.6 Å². The molecule has 6 heavy (non-hydrogen) atoms. The molecule has 0 aliphatic rings. The second-order valence-corrected chi connectivity index (χ2v) is 0.747. The zero-order chi connectivity index (χ0) is 4.28. The number of hydrogen-bond donors (Lipinski definition) is 1. The molecule has 0 aromatic rings. The number of rotatable bonds is 1. The quantitative estimate of drug-likeness (QED) is 0.545. The Morgan fingerprint density at radius 2 is 2.00 bits per heavy atom. The number of aliphatic carboxylic acids is 1. The summed E-state index contributed by atoms with van der Waals surface area (Å²) < 4.78 is 0. The summed E-state index contributed by atoms with van der Waals surface area (Å²) in [5, 5.41) is 7.72. The first kappa shape index (κ1) is 9.60. The Morgan fingerprint density at radius 3 is 2.00 bits per heavy atom. The minimum atomic E-state index is -0.745. The van der Waals surface area contributed by atoms with Gasteiger partial charge in [-0.05, 0) is 0 Å². The summed E-state index contributed by atoms with van der Waals surface area (Å²) in [5.74, 6) is -0.745. The molecular weight excluding hydrogens is 113 g/mol. The molecule has 0 aliphatic carbocycles. The van der Waals surface area contributed by atoms with Gasteiger partial charge in [0.15, 0.2) is 0 Å². The second-order valence-electron chi connectivity index (χ2n) is 0.747. The van der Waals surface area contributed by atoms with E-state index < -0.39 is 5.97 Å². The molecule has 0 rings (SSSR count). The van der Waals surface area contributed by atoms with Crippen LogP contribution in [0.25, 0.3) is 0 Å². The van der Waals surface area contributed by atoms with Crippen LogP contribution < -0.4 is 0 Å². The van der Waals surface area contributed by atoms with Gasteiger partial charge in [0.2, 0.25) is 0 Å². The van der Waals surface area contributed by atoms with Crippen LogP contribution in [-0.4, -0.2) is 11.1 Å². The monoisotopic (exact) mass is 119 g/mol. The first-order valence-corrected chi connectivity index (χ1v) is 1.49. The Kier molecular flexibility index (Phi) is 8.54. The molecule has 1 radical (unpaired) electrons. The molecule has 0 bridgehead atoms. The van der Waals surface area contributed by atoms with Gasteiger partial charge < -0.3 is 5.11 Å². The van der Waals surface area contributed by atoms with Crippen LogP contribution in [0.3, 0.4) is 0 Å². The summed E-state index contributed by atoms with van der Waals surface area (Å²) in [7, 11) is 0. The average Bonchev–Trinajstić information content (AvgIpc) is 1.38. The predicted octanol–water partition coefficient (Wildman–Crippen LogP) is 0.478. The maximum atomic E-state index is 9.37. The van der Waals surface area contributed by atoms with E-state index in [2.05, 4.69) is 0 Å². The minimum Gasteiger partial charge on any atom is -0.481 e. The van der Waals surface area contributed by atoms with Gasteiger partial charge in [-0.1, -0.05) is 6.92 Å². The largest absolute Gasteiger partial charge is 0.481 e. The molecular formula is C3H6O2Sc. The Morgan fingerprint density at radius 1 is 1.83 bits per heavy atom. The zero-order valence-electron chi connectivity index (χ0n) is 3.64. The summed E-state index contributed by atoms with van der Waals surface area (Å²) in [6.45, 7) is 1.60. The van der Waals surface area contributed by atoms with Crippen molar-refractivity contribution in [3.05, 3.63) is 0 Å². The molecule has 2 nitrogen and oxygen atoms in total. The molecule has 0 saturated heterocycles. The van der Waals surface area contributed by atoms with Gasteiger partial charge in [-0.15, -0.1) is 0 Å². The summed E-state index contributed by atoms with van der Waals surface area (Å²) in [6, 6.07) is 0. The van der Waals surface area contributed by atoms with E-state index in [9.17, 15) is 4.79 Å². The maximum Gasteiger partial charge on any atom is 0.303 e. The molecule has 0 atom stereocenters. The van der Waals surface area contributed by atoms with Crippen molar-refractivity contribution in [2.24, 2.45) is 0 Å². The van der Waals surface area contributed by atoms with Crippen molar-refractivity contribution in [2.75, 3.05) is 0 Å². The topological polar surface area (TPSA) is 37.3 Å². The summed E-state index contributed by atoms with van der Waals surface area (Å²) in [4.78, 5) is 9.37. The molecule has 0 spiro atoms. The van der Waals surface area contributed by atoms with E-state index in [4.69, 9.17) is 5.11 Å². The van der Waals surface area contributed by atoms with E-state index in [1.54, 1.807) is 6.92 Å². The van der Waals surface area contributed by atoms with Gasteiger partial charge in [0.1, 0.15) is 0 Å². The van der Waals surface area contributed by atoms with Crippen molar-refractivity contribution in [1.29, 1.82) is 0 Å². The predicted molar refractivity (Wildman–Crippen MR) is 17.9 cm³/mol. The molecule has 0 aliphatic heterocycles. The standard InChI is InChI=1S/C3H6O2.Sc/c1-2-3(4)5;/h2H2,1H3,(H,4,5);. The van der Waals surface area contributed by atoms with Crippen molar-refractivity contribution in [2.45, 2.75) is 13.3 Å². The number of carboxylic acid groups (broad SMARTS) is 1. The van der Waals surface area contributed by atoms with Crippen LogP contribution in [0, 0.1) is 0 Å². The van der Waals surface area contributed by atoms with Crippen LogP contribution >= 0.6 is 0 Å². The molecule has 0 aromatic carbocycles. The van der Waals surface area contributed by atoms with Crippen molar-refractivity contribution in [1.82, 2.24) is 0 Å². The normalized spacial score (nSPS) is 6.17. The summed E-state index contributed by atoms with van der Waals surface area (Å²) >= 11 is 0.